The number of methoxy groups -OCH3 is 2. The van der Waals surface area contributed by atoms with Crippen LogP contribution in [0, 0.1) is 11.3 Å². The van der Waals surface area contributed by atoms with Gasteiger partial charge in [-0.25, -0.2) is 0 Å². The zero-order valence-electron chi connectivity index (χ0n) is 30.6. The monoisotopic (exact) mass is 736 g/mol. The minimum atomic E-state index is -0.972. The standard InChI is InChI=1S/C40H40N4O10/c1-18-34(45)23-15-26-33-32-24(35(46)19(2)39(51-5)37(32)48)14-25(43(33)3)27(16-41)44(26)28(31(23)36(47)38(18)50-4)17-42-40(49)30-13-20-12-22(6-7-29(20)54-30)53-21-8-10-52-11-9-21/h6-7,12-13,21,25-28,33H,8-11,14-15,17H2,1-5H3,(H,42,49)/t25-,26-,27-,28-,33-/m0/s1. The molecular formula is C40H40N4O10. The largest absolute Gasteiger partial charge is 0.492 e. The molecule has 14 nitrogen and oxygen atoms in total. The topological polar surface area (TPSA) is 178 Å². The number of amides is 1. The van der Waals surface area contributed by atoms with Gasteiger partial charge < -0.3 is 28.7 Å². The van der Waals surface area contributed by atoms with E-state index in [4.69, 9.17) is 23.4 Å². The van der Waals surface area contributed by atoms with Gasteiger partial charge in [0.05, 0.1) is 45.6 Å². The van der Waals surface area contributed by atoms with E-state index in [0.29, 0.717) is 35.5 Å². The third-order valence-corrected chi connectivity index (χ3v) is 11.9. The fourth-order valence-electron chi connectivity index (χ4n) is 9.28. The van der Waals surface area contributed by atoms with Crippen LogP contribution in [0.1, 0.15) is 50.1 Å². The van der Waals surface area contributed by atoms with Gasteiger partial charge in [-0.1, -0.05) is 0 Å². The maximum absolute atomic E-state index is 14.2. The Morgan fingerprint density at radius 2 is 1.54 bits per heavy atom. The van der Waals surface area contributed by atoms with E-state index in [9.17, 15) is 29.2 Å². The van der Waals surface area contributed by atoms with Crippen LogP contribution in [0.3, 0.4) is 0 Å². The number of nitrogens with zero attached hydrogens (tertiary/aromatic N) is 3. The van der Waals surface area contributed by atoms with Gasteiger partial charge in [0.15, 0.2) is 28.8 Å². The van der Waals surface area contributed by atoms with Crippen molar-refractivity contribution in [1.82, 2.24) is 15.1 Å². The normalized spacial score (nSPS) is 27.9. The Bertz CT molecular complexity index is 2210. The highest BCUT2D eigenvalue weighted by Gasteiger charge is 2.59. The van der Waals surface area contributed by atoms with Crippen molar-refractivity contribution in [3.8, 4) is 11.8 Å². The van der Waals surface area contributed by atoms with E-state index in [1.54, 1.807) is 32.2 Å². The number of fused-ring (bicyclic) bond motifs is 6. The highest BCUT2D eigenvalue weighted by Crippen LogP contribution is 2.49. The lowest BCUT2D eigenvalue weighted by Crippen LogP contribution is -2.74. The van der Waals surface area contributed by atoms with Crippen LogP contribution < -0.4 is 10.1 Å². The Morgan fingerprint density at radius 1 is 0.907 bits per heavy atom. The van der Waals surface area contributed by atoms with Crippen molar-refractivity contribution in [2.75, 3.05) is 41.0 Å². The first kappa shape index (κ1) is 35.7. The Morgan fingerprint density at radius 3 is 2.19 bits per heavy atom. The molecule has 54 heavy (non-hydrogen) atoms. The molecule has 0 spiro atoms. The van der Waals surface area contributed by atoms with Crippen molar-refractivity contribution >= 4 is 40.0 Å². The SMILES string of the molecule is COC1=C(C)C(=O)C2=C(C1=O)[C@@H]1[C@@H]3CC4=C(C(=O)C(OC)=C(C)C4=O)[C@H](CNC(=O)c4cc5cc(OC6CCOCC6)ccc5o4)N3[C@@H](C#N)[C@H](C2)N1C. The molecule has 1 aromatic carbocycles. The minimum Gasteiger partial charge on any atom is -0.492 e. The van der Waals surface area contributed by atoms with Crippen LogP contribution >= 0.6 is 0 Å². The molecule has 1 aromatic heterocycles. The summed E-state index contributed by atoms with van der Waals surface area (Å²) < 4.78 is 28.4. The average molecular weight is 737 g/mol. The number of ether oxygens (including phenoxy) is 4. The third-order valence-electron chi connectivity index (χ3n) is 11.9. The van der Waals surface area contributed by atoms with Crippen molar-refractivity contribution in [3.05, 3.63) is 75.0 Å². The van der Waals surface area contributed by atoms with E-state index >= 15 is 0 Å². The summed E-state index contributed by atoms with van der Waals surface area (Å²) in [6, 6.07) is 5.53. The molecular weight excluding hydrogens is 696 g/mol. The van der Waals surface area contributed by atoms with Crippen LogP contribution in [0.15, 0.2) is 73.6 Å². The molecule has 6 aliphatic rings. The molecule has 2 saturated heterocycles. The summed E-state index contributed by atoms with van der Waals surface area (Å²) in [5.74, 6) is -1.67. The summed E-state index contributed by atoms with van der Waals surface area (Å²) in [4.78, 5) is 73.6. The Hall–Kier alpha value is -5.36. The highest BCUT2D eigenvalue weighted by molar-refractivity contribution is 6.26. The molecule has 280 valence electrons. The predicted octanol–water partition coefficient (Wildman–Crippen LogP) is 2.88. The highest BCUT2D eigenvalue weighted by atomic mass is 16.5. The number of rotatable bonds is 7. The van der Waals surface area contributed by atoms with Crippen molar-refractivity contribution in [2.45, 2.75) is 75.8 Å². The number of piperazine rings is 1. The summed E-state index contributed by atoms with van der Waals surface area (Å²) in [5, 5.41) is 14.4. The number of likely N-dealkylation sites (N-methyl/N-ethyl adjacent to an activating group) is 1. The number of Topliss-reactive ketones (excluding diaryl/α,β-unsaturated/α-hetero) is 4. The molecule has 2 fully saturated rings. The van der Waals surface area contributed by atoms with Gasteiger partial charge >= 0.3 is 0 Å². The molecule has 5 heterocycles. The van der Waals surface area contributed by atoms with Gasteiger partial charge in [-0.3, -0.25) is 33.8 Å². The average Bonchev–Trinajstić information content (AvgIpc) is 3.60. The third kappa shape index (κ3) is 5.36. The number of hydrogen-bond acceptors (Lipinski definition) is 13. The van der Waals surface area contributed by atoms with Crippen LogP contribution in [0.5, 0.6) is 5.75 Å². The molecule has 5 atom stereocenters. The number of hydrogen-bond donors (Lipinski definition) is 1. The number of carbonyl (C=O) groups is 5. The number of nitriles is 1. The lowest BCUT2D eigenvalue weighted by atomic mass is 9.67. The molecule has 8 rings (SSSR count). The van der Waals surface area contributed by atoms with Gasteiger partial charge in [0.25, 0.3) is 5.91 Å². The van der Waals surface area contributed by atoms with E-state index in [1.807, 2.05) is 15.9 Å². The number of nitrogens with one attached hydrogen (secondary N) is 1. The molecule has 1 amide bonds. The summed E-state index contributed by atoms with van der Waals surface area (Å²) in [5.41, 5.74) is 1.79. The number of furan rings is 1. The van der Waals surface area contributed by atoms with E-state index in [-0.39, 0.29) is 76.4 Å². The summed E-state index contributed by atoms with van der Waals surface area (Å²) in [6.07, 6.45) is 1.73. The lowest BCUT2D eigenvalue weighted by molar-refractivity contribution is -0.125. The maximum atomic E-state index is 14.2. The first-order chi connectivity index (χ1) is 26.0. The zero-order chi connectivity index (χ0) is 38.2. The smallest absolute Gasteiger partial charge is 0.287 e. The lowest BCUT2D eigenvalue weighted by Gasteiger charge is -2.60. The first-order valence-corrected chi connectivity index (χ1v) is 18.1. The quantitative estimate of drug-likeness (QED) is 0.411. The van der Waals surface area contributed by atoms with Gasteiger partial charge in [0.2, 0.25) is 11.6 Å². The molecule has 0 saturated carbocycles. The number of ketones is 4. The predicted molar refractivity (Wildman–Crippen MR) is 190 cm³/mol. The van der Waals surface area contributed by atoms with Crippen LogP contribution in [0.2, 0.25) is 0 Å². The second-order valence-corrected chi connectivity index (χ2v) is 14.6. The number of allylic oxidation sites excluding steroid dienone is 4. The van der Waals surface area contributed by atoms with Crippen LogP contribution in [-0.4, -0.2) is 116 Å². The number of carbonyl (C=O) groups excluding carboxylic acids is 5. The molecule has 1 N–H and O–H groups in total. The van der Waals surface area contributed by atoms with Gasteiger partial charge in [-0.15, -0.1) is 0 Å². The fourth-order valence-corrected chi connectivity index (χ4v) is 9.28. The Labute approximate surface area is 311 Å². The Kier molecular flexibility index (Phi) is 8.91. The summed E-state index contributed by atoms with van der Waals surface area (Å²) in [7, 11) is 4.47. The minimum absolute atomic E-state index is 0.0176. The van der Waals surface area contributed by atoms with Crippen molar-refractivity contribution in [3.63, 3.8) is 0 Å². The maximum Gasteiger partial charge on any atom is 0.287 e. The van der Waals surface area contributed by atoms with E-state index in [0.717, 1.165) is 12.8 Å². The molecule has 0 radical (unpaired) electrons. The molecule has 2 aromatic rings. The number of benzene rings is 1. The Balaban J connectivity index is 1.16. The second kappa shape index (κ2) is 13.5. The summed E-state index contributed by atoms with van der Waals surface area (Å²) >= 11 is 0. The van der Waals surface area contributed by atoms with Crippen LogP contribution in [0.25, 0.3) is 11.0 Å². The van der Waals surface area contributed by atoms with Gasteiger partial charge in [0.1, 0.15) is 23.5 Å². The van der Waals surface area contributed by atoms with Crippen LogP contribution in [-0.2, 0) is 33.4 Å². The fraction of sp³-hybridized carbons (Fsp3) is 0.450. The van der Waals surface area contributed by atoms with E-state index in [2.05, 4.69) is 11.4 Å². The molecule has 2 aliphatic carbocycles. The van der Waals surface area contributed by atoms with Crippen molar-refractivity contribution in [2.24, 2.45) is 0 Å². The van der Waals surface area contributed by atoms with E-state index in [1.165, 1.54) is 21.1 Å². The molecule has 2 bridgehead atoms. The van der Waals surface area contributed by atoms with Gasteiger partial charge in [-0.2, -0.15) is 5.26 Å². The van der Waals surface area contributed by atoms with E-state index < -0.39 is 53.5 Å². The van der Waals surface area contributed by atoms with Crippen molar-refractivity contribution in [1.29, 1.82) is 5.26 Å². The molecule has 4 aliphatic heterocycles. The van der Waals surface area contributed by atoms with Crippen molar-refractivity contribution < 1.29 is 47.3 Å². The van der Waals surface area contributed by atoms with Crippen LogP contribution in [0.4, 0.5) is 0 Å². The first-order valence-electron chi connectivity index (χ1n) is 18.1. The zero-order valence-corrected chi connectivity index (χ0v) is 30.6. The summed E-state index contributed by atoms with van der Waals surface area (Å²) in [6.45, 7) is 4.17. The molecule has 14 heteroatoms. The van der Waals surface area contributed by atoms with Gasteiger partial charge in [-0.05, 0) is 58.0 Å². The second-order valence-electron chi connectivity index (χ2n) is 14.6. The van der Waals surface area contributed by atoms with Gasteiger partial charge in [0, 0.05) is 70.3 Å². The molecule has 0 unspecified atom stereocenters.